The van der Waals surface area contributed by atoms with Gasteiger partial charge < -0.3 is 20.7 Å². The summed E-state index contributed by atoms with van der Waals surface area (Å²) in [5, 5.41) is 10.3. The van der Waals surface area contributed by atoms with Gasteiger partial charge in [-0.1, -0.05) is 24.6 Å². The van der Waals surface area contributed by atoms with Crippen LogP contribution in [0.1, 0.15) is 34.5 Å². The Hall–Kier alpha value is -3.95. The molecule has 1 fully saturated rings. The van der Waals surface area contributed by atoms with Crippen molar-refractivity contribution in [2.45, 2.75) is 32.2 Å². The van der Waals surface area contributed by atoms with E-state index < -0.39 is 0 Å². The van der Waals surface area contributed by atoms with Gasteiger partial charge in [-0.3, -0.25) is 9.69 Å². The second-order valence-corrected chi connectivity index (χ2v) is 10.3. The van der Waals surface area contributed by atoms with Gasteiger partial charge in [0.1, 0.15) is 21.2 Å². The molecule has 2 aromatic heterocycles. The number of hydrogen-bond acceptors (Lipinski definition) is 6. The van der Waals surface area contributed by atoms with Crippen molar-refractivity contribution in [1.82, 2.24) is 15.6 Å². The number of nitrogens with one attached hydrogen (secondary N) is 3. The molecule has 0 radical (unpaired) electrons. The van der Waals surface area contributed by atoms with E-state index in [1.807, 2.05) is 61.5 Å². The van der Waals surface area contributed by atoms with E-state index in [4.69, 9.17) is 4.74 Å². The number of carbonyl (C=O) groups excluding carboxylic acids is 2. The number of para-hydroxylation sites is 1. The Morgan fingerprint density at radius 1 is 1.11 bits per heavy atom. The van der Waals surface area contributed by atoms with E-state index in [-0.39, 0.29) is 18.0 Å². The molecule has 0 saturated carbocycles. The van der Waals surface area contributed by atoms with E-state index in [2.05, 4.69) is 20.9 Å². The Kier molecular flexibility index (Phi) is 6.23. The van der Waals surface area contributed by atoms with Gasteiger partial charge in [0.15, 0.2) is 0 Å². The topological polar surface area (TPSA) is 95.6 Å². The van der Waals surface area contributed by atoms with Crippen LogP contribution < -0.4 is 25.6 Å². The maximum Gasteiger partial charge on any atom is 0.331 e. The van der Waals surface area contributed by atoms with Crippen LogP contribution in [0, 0.1) is 6.92 Å². The van der Waals surface area contributed by atoms with Gasteiger partial charge in [-0.15, -0.1) is 11.3 Å². The summed E-state index contributed by atoms with van der Waals surface area (Å²) in [4.78, 5) is 34.1. The van der Waals surface area contributed by atoms with E-state index in [1.165, 1.54) is 11.3 Å². The summed E-state index contributed by atoms with van der Waals surface area (Å²) in [5.74, 6) is 1.26. The molecule has 188 valence electrons. The molecule has 1 saturated heterocycles. The van der Waals surface area contributed by atoms with Crippen LogP contribution in [0.3, 0.4) is 0 Å². The molecule has 4 aromatic rings. The minimum absolute atomic E-state index is 0.0647. The number of carbonyl (C=O) groups is 2. The number of nitrogens with zero attached hydrogens (tertiary/aromatic N) is 2. The summed E-state index contributed by atoms with van der Waals surface area (Å²) in [6.07, 6.45) is 4.80. The van der Waals surface area contributed by atoms with Crippen LogP contribution in [-0.2, 0) is 0 Å². The first-order valence-corrected chi connectivity index (χ1v) is 13.3. The lowest BCUT2D eigenvalue weighted by Crippen LogP contribution is -2.41. The highest BCUT2D eigenvalue weighted by atomic mass is 32.1. The molecule has 2 aromatic carbocycles. The highest BCUT2D eigenvalue weighted by Gasteiger charge is 2.33. The summed E-state index contributed by atoms with van der Waals surface area (Å²) in [7, 11) is 0. The molecule has 0 aliphatic carbocycles. The van der Waals surface area contributed by atoms with Crippen LogP contribution >= 0.6 is 11.3 Å². The number of aromatic nitrogens is 1. The van der Waals surface area contributed by atoms with Gasteiger partial charge in [0.2, 0.25) is 0 Å². The van der Waals surface area contributed by atoms with E-state index in [9.17, 15) is 9.59 Å². The summed E-state index contributed by atoms with van der Waals surface area (Å²) in [6, 6.07) is 16.8. The molecule has 2 aliphatic rings. The lowest BCUT2D eigenvalue weighted by atomic mass is 10.1. The second kappa shape index (κ2) is 9.84. The van der Waals surface area contributed by atoms with Gasteiger partial charge in [0.05, 0.1) is 22.4 Å². The van der Waals surface area contributed by atoms with Gasteiger partial charge in [-0.25, -0.2) is 9.78 Å². The number of benzene rings is 2. The van der Waals surface area contributed by atoms with E-state index in [0.29, 0.717) is 26.8 Å². The average Bonchev–Trinajstić information content (AvgIpc) is 3.07. The Labute approximate surface area is 218 Å². The number of amides is 3. The summed E-state index contributed by atoms with van der Waals surface area (Å²) in [6.45, 7) is 3.67. The quantitative estimate of drug-likeness (QED) is 0.306. The molecule has 2 aliphatic heterocycles. The number of rotatable bonds is 5. The largest absolute Gasteiger partial charge is 0.457 e. The molecule has 1 atom stereocenters. The Morgan fingerprint density at radius 2 is 1.97 bits per heavy atom. The van der Waals surface area contributed by atoms with Crippen LogP contribution in [0.15, 0.2) is 60.8 Å². The molecular formula is C28H27N5O3S. The summed E-state index contributed by atoms with van der Waals surface area (Å²) < 4.78 is 5.97. The van der Waals surface area contributed by atoms with Crippen molar-refractivity contribution in [3.63, 3.8) is 0 Å². The van der Waals surface area contributed by atoms with Crippen molar-refractivity contribution in [3.8, 4) is 11.5 Å². The molecule has 0 bridgehead atoms. The van der Waals surface area contributed by atoms with Crippen LogP contribution in [0.5, 0.6) is 11.5 Å². The van der Waals surface area contributed by atoms with Crippen LogP contribution in [0.25, 0.3) is 10.2 Å². The average molecular weight is 514 g/mol. The Bertz CT molecular complexity index is 1480. The molecule has 8 nitrogen and oxygen atoms in total. The highest BCUT2D eigenvalue weighted by Crippen LogP contribution is 2.46. The van der Waals surface area contributed by atoms with Crippen molar-refractivity contribution < 1.29 is 14.3 Å². The lowest BCUT2D eigenvalue weighted by molar-refractivity contribution is 0.0940. The van der Waals surface area contributed by atoms with E-state index in [1.54, 1.807) is 11.1 Å². The molecule has 3 amide bonds. The first-order chi connectivity index (χ1) is 18.1. The zero-order valence-corrected chi connectivity index (χ0v) is 21.2. The van der Waals surface area contributed by atoms with Gasteiger partial charge in [0, 0.05) is 18.8 Å². The fraction of sp³-hybridized carbons (Fsp3) is 0.250. The van der Waals surface area contributed by atoms with Gasteiger partial charge in [0.25, 0.3) is 5.91 Å². The zero-order chi connectivity index (χ0) is 25.4. The maximum atomic E-state index is 13.5. The number of pyridine rings is 1. The number of ether oxygens (including phenoxy) is 1. The van der Waals surface area contributed by atoms with Crippen molar-refractivity contribution in [2.24, 2.45) is 0 Å². The molecule has 3 N–H and O–H groups in total. The van der Waals surface area contributed by atoms with Gasteiger partial charge in [-0.05, 0) is 68.3 Å². The minimum Gasteiger partial charge on any atom is -0.457 e. The molecule has 6 rings (SSSR count). The van der Waals surface area contributed by atoms with Crippen LogP contribution in [0.4, 0.5) is 21.9 Å². The van der Waals surface area contributed by atoms with E-state index >= 15 is 0 Å². The molecule has 9 heteroatoms. The monoisotopic (exact) mass is 513 g/mol. The molecule has 37 heavy (non-hydrogen) atoms. The van der Waals surface area contributed by atoms with Crippen LogP contribution in [-0.4, -0.2) is 36.1 Å². The molecule has 0 spiro atoms. The third-order valence-corrected chi connectivity index (χ3v) is 7.82. The summed E-state index contributed by atoms with van der Waals surface area (Å²) in [5.41, 5.74) is 2.85. The number of hydrogen-bond donors (Lipinski definition) is 3. The van der Waals surface area contributed by atoms with Gasteiger partial charge in [-0.2, -0.15) is 0 Å². The number of thiophene rings is 1. The first-order valence-electron chi connectivity index (χ1n) is 12.5. The number of anilines is 3. The fourth-order valence-electron chi connectivity index (χ4n) is 4.94. The van der Waals surface area contributed by atoms with Crippen molar-refractivity contribution in [1.29, 1.82) is 0 Å². The van der Waals surface area contributed by atoms with Crippen LogP contribution in [0.2, 0.25) is 0 Å². The molecule has 4 heterocycles. The number of urea groups is 1. The van der Waals surface area contributed by atoms with E-state index in [0.717, 1.165) is 54.7 Å². The molecular weight excluding hydrogens is 486 g/mol. The SMILES string of the molecule is Cc1cc(Oc2ccccc2)ccc1N1C(=O)Nc2c(C(=O)NC3CCCCNC3)sc3nccc1c23. The lowest BCUT2D eigenvalue weighted by Gasteiger charge is -2.29. The summed E-state index contributed by atoms with van der Waals surface area (Å²) >= 11 is 1.31. The zero-order valence-electron chi connectivity index (χ0n) is 20.4. The second-order valence-electron chi connectivity index (χ2n) is 9.32. The van der Waals surface area contributed by atoms with Gasteiger partial charge >= 0.3 is 6.03 Å². The predicted octanol–water partition coefficient (Wildman–Crippen LogP) is 5.95. The highest BCUT2D eigenvalue weighted by molar-refractivity contribution is 7.21. The standard InChI is InChI=1S/C28H27N5O3S/c1-17-15-20(36-19-8-3-2-4-9-19)10-11-21(17)33-22-12-14-30-27-23(22)24(32-28(33)35)25(37-27)26(34)31-18-7-5-6-13-29-16-18/h2-4,8-12,14-15,18,29H,5-7,13,16H2,1H3,(H,31,34)(H,32,35). The van der Waals surface area contributed by atoms with Crippen molar-refractivity contribution in [2.75, 3.05) is 23.3 Å². The normalized spacial score (nSPS) is 17.3. The first kappa shape index (κ1) is 23.4. The Morgan fingerprint density at radius 3 is 2.81 bits per heavy atom. The minimum atomic E-state index is -0.316. The Balaban J connectivity index is 1.33. The van der Waals surface area contributed by atoms with Crippen molar-refractivity contribution >= 4 is 50.6 Å². The maximum absolute atomic E-state index is 13.5. The van der Waals surface area contributed by atoms with Crippen molar-refractivity contribution in [3.05, 3.63) is 71.2 Å². The molecule has 1 unspecified atom stereocenters. The third kappa shape index (κ3) is 4.52. The fourth-order valence-corrected chi connectivity index (χ4v) is 5.97. The smallest absolute Gasteiger partial charge is 0.331 e. The third-order valence-electron chi connectivity index (χ3n) is 6.72. The number of aryl methyl sites for hydroxylation is 1. The predicted molar refractivity (Wildman–Crippen MR) is 146 cm³/mol.